The minimum atomic E-state index is 0.0965. The number of hydrogen-bond donors (Lipinski definition) is 1. The molecule has 0 unspecified atom stereocenters. The smallest absolute Gasteiger partial charge is 0.0463 e. The second-order valence-corrected chi connectivity index (χ2v) is 6.59. The molecule has 3 rings (SSSR count). The second-order valence-electron chi connectivity index (χ2n) is 6.59. The molecular formula is C17H23N3. The fourth-order valence-corrected chi connectivity index (χ4v) is 2.66. The van der Waals surface area contributed by atoms with Crippen LogP contribution in [0.25, 0.3) is 10.8 Å². The largest absolute Gasteiger partial charge is 0.369 e. The molecule has 0 saturated carbocycles. The van der Waals surface area contributed by atoms with E-state index in [1.54, 1.807) is 0 Å². The van der Waals surface area contributed by atoms with Gasteiger partial charge in [0.2, 0.25) is 0 Å². The predicted molar refractivity (Wildman–Crippen MR) is 85.5 cm³/mol. The molecule has 0 atom stereocenters. The van der Waals surface area contributed by atoms with Gasteiger partial charge in [-0.15, -0.1) is 0 Å². The standard InChI is InChI=1S/C17H23N3/c1-17(2,3)16-11-14-10-15(5-4-13(14)12-19-16)20-8-6-18-7-9-20/h4-5,10-12,18H,6-9H2,1-3H3. The van der Waals surface area contributed by atoms with E-state index >= 15 is 0 Å². The van der Waals surface area contributed by atoms with E-state index in [1.165, 1.54) is 16.5 Å². The average molecular weight is 269 g/mol. The Morgan fingerprint density at radius 1 is 1.05 bits per heavy atom. The lowest BCUT2D eigenvalue weighted by Gasteiger charge is -2.29. The quantitative estimate of drug-likeness (QED) is 0.862. The molecule has 1 fully saturated rings. The van der Waals surface area contributed by atoms with Gasteiger partial charge < -0.3 is 10.2 Å². The Bertz CT molecular complexity index is 607. The number of aromatic nitrogens is 1. The van der Waals surface area contributed by atoms with Crippen molar-refractivity contribution < 1.29 is 0 Å². The molecule has 1 aliphatic heterocycles. The van der Waals surface area contributed by atoms with E-state index in [-0.39, 0.29) is 5.41 Å². The summed E-state index contributed by atoms with van der Waals surface area (Å²) in [6.45, 7) is 10.9. The maximum atomic E-state index is 4.60. The number of pyridine rings is 1. The second kappa shape index (κ2) is 5.06. The van der Waals surface area contributed by atoms with E-state index in [0.29, 0.717) is 0 Å². The molecular weight excluding hydrogens is 246 g/mol. The lowest BCUT2D eigenvalue weighted by Crippen LogP contribution is -2.43. The number of benzene rings is 1. The van der Waals surface area contributed by atoms with Gasteiger partial charge in [-0.25, -0.2) is 0 Å². The van der Waals surface area contributed by atoms with Crippen LogP contribution < -0.4 is 10.2 Å². The number of nitrogens with one attached hydrogen (secondary N) is 1. The van der Waals surface area contributed by atoms with E-state index < -0.39 is 0 Å². The molecule has 0 bridgehead atoms. The number of anilines is 1. The highest BCUT2D eigenvalue weighted by Gasteiger charge is 2.16. The van der Waals surface area contributed by atoms with Crippen molar-refractivity contribution in [3.05, 3.63) is 36.2 Å². The van der Waals surface area contributed by atoms with Crippen molar-refractivity contribution in [1.29, 1.82) is 0 Å². The third-order valence-electron chi connectivity index (χ3n) is 3.96. The fourth-order valence-electron chi connectivity index (χ4n) is 2.66. The minimum Gasteiger partial charge on any atom is -0.369 e. The number of nitrogens with zero attached hydrogens (tertiary/aromatic N) is 2. The minimum absolute atomic E-state index is 0.0965. The zero-order valence-electron chi connectivity index (χ0n) is 12.6. The number of piperazine rings is 1. The van der Waals surface area contributed by atoms with Crippen LogP contribution in [0.1, 0.15) is 26.5 Å². The van der Waals surface area contributed by atoms with Crippen LogP contribution in [0.5, 0.6) is 0 Å². The molecule has 1 aromatic carbocycles. The molecule has 0 amide bonds. The summed E-state index contributed by atoms with van der Waals surface area (Å²) < 4.78 is 0. The molecule has 20 heavy (non-hydrogen) atoms. The SMILES string of the molecule is CC(C)(C)c1cc2cc(N3CCNCC3)ccc2cn1. The van der Waals surface area contributed by atoms with Gasteiger partial charge in [-0.2, -0.15) is 0 Å². The van der Waals surface area contributed by atoms with Crippen molar-refractivity contribution in [3.63, 3.8) is 0 Å². The molecule has 3 heteroatoms. The first-order valence-corrected chi connectivity index (χ1v) is 7.40. The summed E-state index contributed by atoms with van der Waals surface area (Å²) in [5.41, 5.74) is 2.58. The molecule has 1 saturated heterocycles. The Kier molecular flexibility index (Phi) is 3.38. The molecule has 2 aromatic rings. The van der Waals surface area contributed by atoms with Crippen molar-refractivity contribution in [2.75, 3.05) is 31.1 Å². The molecule has 1 aliphatic rings. The fraction of sp³-hybridized carbons (Fsp3) is 0.471. The molecule has 1 aromatic heterocycles. The summed E-state index contributed by atoms with van der Waals surface area (Å²) in [5, 5.41) is 5.91. The summed E-state index contributed by atoms with van der Waals surface area (Å²) in [5.74, 6) is 0. The summed E-state index contributed by atoms with van der Waals surface area (Å²) >= 11 is 0. The van der Waals surface area contributed by atoms with Crippen molar-refractivity contribution >= 4 is 16.5 Å². The molecule has 2 heterocycles. The molecule has 0 radical (unpaired) electrons. The summed E-state index contributed by atoms with van der Waals surface area (Å²) in [7, 11) is 0. The highest BCUT2D eigenvalue weighted by molar-refractivity contribution is 5.85. The van der Waals surface area contributed by atoms with Crippen LogP contribution in [0, 0.1) is 0 Å². The third-order valence-corrected chi connectivity index (χ3v) is 3.96. The zero-order chi connectivity index (χ0) is 14.2. The van der Waals surface area contributed by atoms with Gasteiger partial charge in [-0.05, 0) is 23.6 Å². The van der Waals surface area contributed by atoms with Crippen molar-refractivity contribution in [2.45, 2.75) is 26.2 Å². The molecule has 1 N–H and O–H groups in total. The van der Waals surface area contributed by atoms with Gasteiger partial charge in [-0.1, -0.05) is 26.8 Å². The van der Waals surface area contributed by atoms with Crippen molar-refractivity contribution in [3.8, 4) is 0 Å². The molecule has 0 spiro atoms. The van der Waals surface area contributed by atoms with E-state index in [2.05, 4.69) is 60.2 Å². The van der Waals surface area contributed by atoms with E-state index in [4.69, 9.17) is 0 Å². The van der Waals surface area contributed by atoms with Gasteiger partial charge in [0.25, 0.3) is 0 Å². The van der Waals surface area contributed by atoms with Crippen molar-refractivity contribution in [1.82, 2.24) is 10.3 Å². The van der Waals surface area contributed by atoms with Crippen LogP contribution in [0.4, 0.5) is 5.69 Å². The van der Waals surface area contributed by atoms with E-state index in [0.717, 1.165) is 31.9 Å². The van der Waals surface area contributed by atoms with Gasteiger partial charge in [0.1, 0.15) is 0 Å². The first-order chi connectivity index (χ1) is 9.54. The Labute approximate surface area is 121 Å². The summed E-state index contributed by atoms with van der Waals surface area (Å²) in [6.07, 6.45) is 2.00. The van der Waals surface area contributed by atoms with Gasteiger partial charge >= 0.3 is 0 Å². The van der Waals surface area contributed by atoms with Crippen LogP contribution >= 0.6 is 0 Å². The van der Waals surface area contributed by atoms with Crippen LogP contribution in [-0.2, 0) is 5.41 Å². The molecule has 106 valence electrons. The third kappa shape index (κ3) is 2.63. The monoisotopic (exact) mass is 269 g/mol. The normalized spacial score (nSPS) is 16.6. The topological polar surface area (TPSA) is 28.2 Å². The predicted octanol–water partition coefficient (Wildman–Crippen LogP) is 2.94. The average Bonchev–Trinajstić information content (AvgIpc) is 2.46. The Hall–Kier alpha value is -1.61. The van der Waals surface area contributed by atoms with Gasteiger partial charge in [0, 0.05) is 54.6 Å². The van der Waals surface area contributed by atoms with Crippen LogP contribution in [-0.4, -0.2) is 31.2 Å². The maximum absolute atomic E-state index is 4.60. The summed E-state index contributed by atoms with van der Waals surface area (Å²) in [6, 6.07) is 8.94. The highest BCUT2D eigenvalue weighted by Crippen LogP contribution is 2.27. The van der Waals surface area contributed by atoms with Crippen LogP contribution in [0.3, 0.4) is 0 Å². The zero-order valence-corrected chi connectivity index (χ0v) is 12.6. The maximum Gasteiger partial charge on any atom is 0.0463 e. The molecule has 3 nitrogen and oxygen atoms in total. The van der Waals surface area contributed by atoms with E-state index in [1.807, 2.05) is 6.20 Å². The lowest BCUT2D eigenvalue weighted by atomic mass is 9.90. The van der Waals surface area contributed by atoms with Gasteiger partial charge in [0.05, 0.1) is 0 Å². The van der Waals surface area contributed by atoms with Gasteiger partial charge in [0.15, 0.2) is 0 Å². The number of hydrogen-bond acceptors (Lipinski definition) is 3. The molecule has 0 aliphatic carbocycles. The van der Waals surface area contributed by atoms with Crippen LogP contribution in [0.2, 0.25) is 0 Å². The Morgan fingerprint density at radius 3 is 2.50 bits per heavy atom. The lowest BCUT2D eigenvalue weighted by molar-refractivity contribution is 0.570. The summed E-state index contributed by atoms with van der Waals surface area (Å²) in [4.78, 5) is 7.05. The number of fused-ring (bicyclic) bond motifs is 1. The van der Waals surface area contributed by atoms with Crippen molar-refractivity contribution in [2.24, 2.45) is 0 Å². The Morgan fingerprint density at radius 2 is 1.80 bits per heavy atom. The Balaban J connectivity index is 2.00. The highest BCUT2D eigenvalue weighted by atomic mass is 15.2. The number of rotatable bonds is 1. The first-order valence-electron chi connectivity index (χ1n) is 7.40. The van der Waals surface area contributed by atoms with E-state index in [9.17, 15) is 0 Å². The van der Waals surface area contributed by atoms with Crippen LogP contribution in [0.15, 0.2) is 30.5 Å². The van der Waals surface area contributed by atoms with Gasteiger partial charge in [-0.3, -0.25) is 4.98 Å². The first kappa shape index (κ1) is 13.4.